The highest BCUT2D eigenvalue weighted by atomic mass is 16.3. The molecule has 0 saturated carbocycles. The third-order valence-electron chi connectivity index (χ3n) is 3.06. The first-order valence-electron chi connectivity index (χ1n) is 6.37. The van der Waals surface area contributed by atoms with Gasteiger partial charge in [-0.1, -0.05) is 13.3 Å². The summed E-state index contributed by atoms with van der Waals surface area (Å²) < 4.78 is 0. The number of hydrogen-bond acceptors (Lipinski definition) is 2. The SMILES string of the molecule is CCCCNC(=O)N1CCCC1CC(C)O. The molecule has 0 aromatic heterocycles. The van der Waals surface area contributed by atoms with Gasteiger partial charge in [-0.3, -0.25) is 0 Å². The predicted octanol–water partition coefficient (Wildman–Crippen LogP) is 1.73. The molecule has 0 bridgehead atoms. The molecule has 1 aliphatic rings. The van der Waals surface area contributed by atoms with Crippen molar-refractivity contribution in [3.8, 4) is 0 Å². The summed E-state index contributed by atoms with van der Waals surface area (Å²) in [4.78, 5) is 13.7. The van der Waals surface area contributed by atoms with E-state index in [1.54, 1.807) is 6.92 Å². The molecule has 2 unspecified atom stereocenters. The van der Waals surface area contributed by atoms with E-state index in [1.807, 2.05) is 4.90 Å². The lowest BCUT2D eigenvalue weighted by Crippen LogP contribution is -2.44. The van der Waals surface area contributed by atoms with Crippen molar-refractivity contribution in [1.82, 2.24) is 10.2 Å². The van der Waals surface area contributed by atoms with Gasteiger partial charge in [-0.05, 0) is 32.6 Å². The number of aliphatic hydroxyl groups excluding tert-OH is 1. The van der Waals surface area contributed by atoms with Gasteiger partial charge in [-0.2, -0.15) is 0 Å². The number of nitrogens with one attached hydrogen (secondary N) is 1. The van der Waals surface area contributed by atoms with Crippen molar-refractivity contribution in [2.75, 3.05) is 13.1 Å². The van der Waals surface area contributed by atoms with Crippen molar-refractivity contribution in [1.29, 1.82) is 0 Å². The Morgan fingerprint density at radius 1 is 1.62 bits per heavy atom. The molecule has 0 spiro atoms. The molecular weight excluding hydrogens is 204 g/mol. The Labute approximate surface area is 98.0 Å². The standard InChI is InChI=1S/C12H24N2O2/c1-3-4-7-13-12(16)14-8-5-6-11(14)9-10(2)15/h10-11,15H,3-9H2,1-2H3,(H,13,16). The Balaban J connectivity index is 2.35. The van der Waals surface area contributed by atoms with Crippen molar-refractivity contribution < 1.29 is 9.90 Å². The lowest BCUT2D eigenvalue weighted by atomic mass is 10.1. The lowest BCUT2D eigenvalue weighted by Gasteiger charge is -2.25. The molecular formula is C12H24N2O2. The molecule has 2 N–H and O–H groups in total. The van der Waals surface area contributed by atoms with Gasteiger partial charge >= 0.3 is 6.03 Å². The number of carbonyl (C=O) groups is 1. The maximum atomic E-state index is 11.8. The lowest BCUT2D eigenvalue weighted by molar-refractivity contribution is 0.138. The average Bonchev–Trinajstić information content (AvgIpc) is 2.65. The third kappa shape index (κ3) is 4.00. The summed E-state index contributed by atoms with van der Waals surface area (Å²) in [6.45, 7) is 5.48. The van der Waals surface area contributed by atoms with Gasteiger partial charge in [0.15, 0.2) is 0 Å². The molecule has 16 heavy (non-hydrogen) atoms. The number of nitrogens with zero attached hydrogens (tertiary/aromatic N) is 1. The van der Waals surface area contributed by atoms with E-state index in [1.165, 1.54) is 0 Å². The van der Waals surface area contributed by atoms with Crippen molar-refractivity contribution in [3.63, 3.8) is 0 Å². The fourth-order valence-electron chi connectivity index (χ4n) is 2.22. The van der Waals surface area contributed by atoms with E-state index >= 15 is 0 Å². The van der Waals surface area contributed by atoms with Crippen LogP contribution in [-0.4, -0.2) is 41.3 Å². The van der Waals surface area contributed by atoms with Crippen LogP contribution in [0.1, 0.15) is 46.0 Å². The summed E-state index contributed by atoms with van der Waals surface area (Å²) in [6, 6.07) is 0.262. The van der Waals surface area contributed by atoms with Crippen molar-refractivity contribution in [2.45, 2.75) is 58.1 Å². The van der Waals surface area contributed by atoms with Gasteiger partial charge in [0.25, 0.3) is 0 Å². The topological polar surface area (TPSA) is 52.6 Å². The molecule has 1 fully saturated rings. The molecule has 1 heterocycles. The van der Waals surface area contributed by atoms with Crippen molar-refractivity contribution in [3.05, 3.63) is 0 Å². The van der Waals surface area contributed by atoms with Crippen LogP contribution in [0.5, 0.6) is 0 Å². The Kier molecular flexibility index (Phi) is 5.60. The molecule has 0 aliphatic carbocycles. The average molecular weight is 228 g/mol. The second-order valence-corrected chi connectivity index (χ2v) is 4.66. The van der Waals surface area contributed by atoms with E-state index in [9.17, 15) is 9.90 Å². The van der Waals surface area contributed by atoms with E-state index in [2.05, 4.69) is 12.2 Å². The zero-order valence-electron chi connectivity index (χ0n) is 10.4. The molecule has 0 radical (unpaired) electrons. The molecule has 4 heteroatoms. The summed E-state index contributed by atoms with van der Waals surface area (Å²) in [5.74, 6) is 0. The Hall–Kier alpha value is -0.770. The van der Waals surface area contributed by atoms with Gasteiger partial charge in [0.1, 0.15) is 0 Å². The highest BCUT2D eigenvalue weighted by molar-refractivity contribution is 5.74. The normalized spacial score (nSPS) is 22.2. The van der Waals surface area contributed by atoms with Gasteiger partial charge in [-0.15, -0.1) is 0 Å². The first-order valence-corrected chi connectivity index (χ1v) is 6.37. The van der Waals surface area contributed by atoms with Gasteiger partial charge in [0.05, 0.1) is 6.10 Å². The minimum Gasteiger partial charge on any atom is -0.393 e. The highest BCUT2D eigenvalue weighted by Crippen LogP contribution is 2.21. The van der Waals surface area contributed by atoms with E-state index < -0.39 is 0 Å². The third-order valence-corrected chi connectivity index (χ3v) is 3.06. The fourth-order valence-corrected chi connectivity index (χ4v) is 2.22. The number of unbranched alkanes of at least 4 members (excludes halogenated alkanes) is 1. The largest absolute Gasteiger partial charge is 0.393 e. The van der Waals surface area contributed by atoms with Crippen molar-refractivity contribution >= 4 is 6.03 Å². The first-order chi connectivity index (χ1) is 7.65. The quantitative estimate of drug-likeness (QED) is 0.704. The number of hydrogen-bond donors (Lipinski definition) is 2. The second-order valence-electron chi connectivity index (χ2n) is 4.66. The van der Waals surface area contributed by atoms with Crippen LogP contribution < -0.4 is 5.32 Å². The van der Waals surface area contributed by atoms with E-state index in [-0.39, 0.29) is 18.2 Å². The zero-order chi connectivity index (χ0) is 12.0. The van der Waals surface area contributed by atoms with E-state index in [4.69, 9.17) is 0 Å². The van der Waals surface area contributed by atoms with Gasteiger partial charge in [0.2, 0.25) is 0 Å². The number of aliphatic hydroxyl groups is 1. The monoisotopic (exact) mass is 228 g/mol. The maximum Gasteiger partial charge on any atom is 0.317 e. The Bertz CT molecular complexity index is 219. The summed E-state index contributed by atoms with van der Waals surface area (Å²) in [7, 11) is 0. The van der Waals surface area contributed by atoms with E-state index in [0.717, 1.165) is 38.8 Å². The van der Waals surface area contributed by atoms with Crippen LogP contribution in [-0.2, 0) is 0 Å². The van der Waals surface area contributed by atoms with Gasteiger partial charge < -0.3 is 15.3 Å². The second kappa shape index (κ2) is 6.74. The number of likely N-dealkylation sites (tertiary alicyclic amines) is 1. The molecule has 0 aromatic rings. The number of carbonyl (C=O) groups excluding carboxylic acids is 1. The molecule has 0 aromatic carbocycles. The molecule has 1 rings (SSSR count). The molecule has 2 amide bonds. The summed E-state index contributed by atoms with van der Waals surface area (Å²) in [6.07, 6.45) is 4.57. The van der Waals surface area contributed by atoms with Crippen LogP contribution in [0.15, 0.2) is 0 Å². The molecule has 4 nitrogen and oxygen atoms in total. The number of rotatable bonds is 5. The number of amides is 2. The minimum atomic E-state index is -0.325. The van der Waals surface area contributed by atoms with Crippen LogP contribution in [0.3, 0.4) is 0 Å². The van der Waals surface area contributed by atoms with Crippen LogP contribution in [0.4, 0.5) is 4.79 Å². The Morgan fingerprint density at radius 2 is 2.38 bits per heavy atom. The summed E-state index contributed by atoms with van der Waals surface area (Å²) in [5.41, 5.74) is 0. The number of urea groups is 1. The van der Waals surface area contributed by atoms with Gasteiger partial charge in [-0.25, -0.2) is 4.79 Å². The molecule has 1 aliphatic heterocycles. The predicted molar refractivity (Wildman–Crippen MR) is 64.3 cm³/mol. The van der Waals surface area contributed by atoms with Crippen LogP contribution >= 0.6 is 0 Å². The molecule has 1 saturated heterocycles. The highest BCUT2D eigenvalue weighted by Gasteiger charge is 2.29. The van der Waals surface area contributed by atoms with Crippen LogP contribution in [0.2, 0.25) is 0 Å². The molecule has 2 atom stereocenters. The fraction of sp³-hybridized carbons (Fsp3) is 0.917. The minimum absolute atomic E-state index is 0.0385. The zero-order valence-corrected chi connectivity index (χ0v) is 10.4. The first kappa shape index (κ1) is 13.3. The van der Waals surface area contributed by atoms with Gasteiger partial charge in [0, 0.05) is 19.1 Å². The summed E-state index contributed by atoms with van der Waals surface area (Å²) in [5, 5.41) is 12.3. The van der Waals surface area contributed by atoms with E-state index in [0.29, 0.717) is 6.42 Å². The smallest absolute Gasteiger partial charge is 0.317 e. The van der Waals surface area contributed by atoms with Crippen LogP contribution in [0, 0.1) is 0 Å². The Morgan fingerprint density at radius 3 is 3.00 bits per heavy atom. The van der Waals surface area contributed by atoms with Crippen molar-refractivity contribution in [2.24, 2.45) is 0 Å². The summed E-state index contributed by atoms with van der Waals surface area (Å²) >= 11 is 0. The van der Waals surface area contributed by atoms with Crippen LogP contribution in [0.25, 0.3) is 0 Å². The maximum absolute atomic E-state index is 11.8. The molecule has 94 valence electrons.